The minimum absolute atomic E-state index is 0.133. The van der Waals surface area contributed by atoms with Gasteiger partial charge in [0, 0.05) is 6.92 Å². The summed E-state index contributed by atoms with van der Waals surface area (Å²) in [5.74, 6) is 1.18. The largest absolute Gasteiger partial charge is 0.453 e. The average molecular weight is 319 g/mol. The van der Waals surface area contributed by atoms with Gasteiger partial charge >= 0.3 is 5.97 Å². The van der Waals surface area contributed by atoms with Crippen molar-refractivity contribution in [2.45, 2.75) is 45.4 Å². The highest BCUT2D eigenvalue weighted by Crippen LogP contribution is 2.20. The van der Waals surface area contributed by atoms with Crippen molar-refractivity contribution in [3.8, 4) is 0 Å². The zero-order valence-corrected chi connectivity index (χ0v) is 13.7. The minimum atomic E-state index is -1.22. The van der Waals surface area contributed by atoms with Crippen LogP contribution in [-0.2, 0) is 24.0 Å². The van der Waals surface area contributed by atoms with Crippen molar-refractivity contribution in [3.63, 3.8) is 0 Å². The van der Waals surface area contributed by atoms with E-state index in [0.717, 1.165) is 0 Å². The fourth-order valence-electron chi connectivity index (χ4n) is 1.82. The van der Waals surface area contributed by atoms with Crippen LogP contribution in [0.2, 0.25) is 0 Å². The first-order valence-corrected chi connectivity index (χ1v) is 7.15. The SMILES string of the molecule is CC(=O)O[C@@H](C=O)[C@@H](NOC(C)(C)C)C(=C=O)c1ccccc1. The molecule has 0 saturated heterocycles. The summed E-state index contributed by atoms with van der Waals surface area (Å²) in [7, 11) is 0. The molecule has 0 spiro atoms. The second kappa shape index (κ2) is 8.39. The molecule has 1 rings (SSSR count). The first-order chi connectivity index (χ1) is 10.8. The summed E-state index contributed by atoms with van der Waals surface area (Å²) in [6.07, 6.45) is -0.766. The van der Waals surface area contributed by atoms with Crippen LogP contribution in [0.4, 0.5) is 0 Å². The Morgan fingerprint density at radius 2 is 1.87 bits per heavy atom. The van der Waals surface area contributed by atoms with Gasteiger partial charge in [0.1, 0.15) is 12.0 Å². The van der Waals surface area contributed by atoms with E-state index in [1.807, 2.05) is 5.94 Å². The van der Waals surface area contributed by atoms with E-state index in [-0.39, 0.29) is 5.57 Å². The van der Waals surface area contributed by atoms with Gasteiger partial charge in [-0.25, -0.2) is 4.79 Å². The smallest absolute Gasteiger partial charge is 0.303 e. The number of benzene rings is 1. The van der Waals surface area contributed by atoms with Crippen LogP contribution in [0.1, 0.15) is 33.3 Å². The predicted octanol–water partition coefficient (Wildman–Crippen LogP) is 1.72. The second-order valence-electron chi connectivity index (χ2n) is 5.90. The first kappa shape index (κ1) is 18.8. The van der Waals surface area contributed by atoms with Gasteiger partial charge in [-0.05, 0) is 26.3 Å². The number of hydrogen-bond acceptors (Lipinski definition) is 6. The quantitative estimate of drug-likeness (QED) is 0.357. The Bertz CT molecular complexity index is 585. The minimum Gasteiger partial charge on any atom is -0.453 e. The van der Waals surface area contributed by atoms with Gasteiger partial charge in [0.25, 0.3) is 0 Å². The predicted molar refractivity (Wildman–Crippen MR) is 84.9 cm³/mol. The Hall–Kier alpha value is -2.27. The van der Waals surface area contributed by atoms with Crippen LogP contribution in [0, 0.1) is 0 Å². The van der Waals surface area contributed by atoms with Crippen LogP contribution < -0.4 is 5.48 Å². The van der Waals surface area contributed by atoms with E-state index in [0.29, 0.717) is 11.8 Å². The Labute approximate surface area is 135 Å². The summed E-state index contributed by atoms with van der Waals surface area (Å²) in [5, 5.41) is 0. The second-order valence-corrected chi connectivity index (χ2v) is 5.90. The van der Waals surface area contributed by atoms with E-state index in [2.05, 4.69) is 5.48 Å². The van der Waals surface area contributed by atoms with E-state index >= 15 is 0 Å². The number of hydroxylamine groups is 1. The summed E-state index contributed by atoms with van der Waals surface area (Å²) in [4.78, 5) is 39.5. The van der Waals surface area contributed by atoms with Gasteiger partial charge < -0.3 is 4.74 Å². The van der Waals surface area contributed by atoms with Crippen molar-refractivity contribution < 1.29 is 24.0 Å². The molecule has 0 aromatic heterocycles. The molecule has 1 aromatic carbocycles. The monoisotopic (exact) mass is 319 g/mol. The van der Waals surface area contributed by atoms with Crippen LogP contribution in [0.3, 0.4) is 0 Å². The summed E-state index contributed by atoms with van der Waals surface area (Å²) < 4.78 is 4.98. The number of esters is 1. The number of aldehydes is 1. The van der Waals surface area contributed by atoms with Crippen LogP contribution in [0.5, 0.6) is 0 Å². The van der Waals surface area contributed by atoms with E-state index < -0.39 is 23.7 Å². The van der Waals surface area contributed by atoms with Gasteiger partial charge in [0.2, 0.25) is 0 Å². The molecule has 0 unspecified atom stereocenters. The topological polar surface area (TPSA) is 81.7 Å². The highest BCUT2D eigenvalue weighted by molar-refractivity contribution is 5.92. The standard InChI is InChI=1S/C17H21NO5/c1-12(21)22-15(11-20)16(18-23-17(2,3)4)14(10-19)13-8-6-5-7-9-13/h5-9,11,15-16,18H,1-4H3/t15-,16-/m0/s1. The van der Waals surface area contributed by atoms with E-state index in [1.54, 1.807) is 51.1 Å². The molecule has 1 N–H and O–H groups in total. The third-order valence-electron chi connectivity index (χ3n) is 2.76. The number of carbonyl (C=O) groups excluding carboxylic acids is 3. The van der Waals surface area contributed by atoms with Crippen molar-refractivity contribution in [3.05, 3.63) is 35.9 Å². The summed E-state index contributed by atoms with van der Waals surface area (Å²) in [5.41, 5.74) is 2.77. The number of rotatable bonds is 7. The third-order valence-corrected chi connectivity index (χ3v) is 2.76. The van der Waals surface area contributed by atoms with Gasteiger partial charge in [0.15, 0.2) is 12.4 Å². The molecule has 0 amide bonds. The maximum Gasteiger partial charge on any atom is 0.303 e. The average Bonchev–Trinajstić information content (AvgIpc) is 2.49. The van der Waals surface area contributed by atoms with Crippen molar-refractivity contribution in [1.82, 2.24) is 5.48 Å². The molecule has 1 aromatic rings. The maximum absolute atomic E-state index is 11.5. The van der Waals surface area contributed by atoms with Crippen molar-refractivity contribution in [2.75, 3.05) is 0 Å². The molecule has 0 aliphatic rings. The molecular formula is C17H21NO5. The number of carbonyl (C=O) groups is 2. The van der Waals surface area contributed by atoms with Gasteiger partial charge in [0.05, 0.1) is 11.2 Å². The molecule has 0 saturated carbocycles. The van der Waals surface area contributed by atoms with Crippen molar-refractivity contribution in [2.24, 2.45) is 0 Å². The zero-order valence-electron chi connectivity index (χ0n) is 13.7. The lowest BCUT2D eigenvalue weighted by molar-refractivity contribution is -0.155. The number of hydrogen-bond donors (Lipinski definition) is 1. The number of nitrogens with one attached hydrogen (secondary N) is 1. The lowest BCUT2D eigenvalue weighted by atomic mass is 9.97. The fraction of sp³-hybridized carbons (Fsp3) is 0.412. The molecule has 0 bridgehead atoms. The first-order valence-electron chi connectivity index (χ1n) is 7.15. The molecule has 0 aliphatic heterocycles. The molecule has 6 nitrogen and oxygen atoms in total. The van der Waals surface area contributed by atoms with Crippen molar-refractivity contribution >= 4 is 23.8 Å². The molecule has 0 fully saturated rings. The van der Waals surface area contributed by atoms with E-state index in [1.165, 1.54) is 6.92 Å². The summed E-state index contributed by atoms with van der Waals surface area (Å²) >= 11 is 0. The molecule has 0 heterocycles. The highest BCUT2D eigenvalue weighted by Gasteiger charge is 2.31. The van der Waals surface area contributed by atoms with Crippen LogP contribution in [0.25, 0.3) is 5.57 Å². The molecule has 0 aliphatic carbocycles. The van der Waals surface area contributed by atoms with Gasteiger partial charge in [-0.3, -0.25) is 14.4 Å². The lowest BCUT2D eigenvalue weighted by Crippen LogP contribution is -2.47. The van der Waals surface area contributed by atoms with E-state index in [9.17, 15) is 14.4 Å². The molecule has 23 heavy (non-hydrogen) atoms. The Morgan fingerprint density at radius 3 is 2.30 bits per heavy atom. The summed E-state index contributed by atoms with van der Waals surface area (Å²) in [6, 6.07) is 7.70. The third kappa shape index (κ3) is 6.16. The molecule has 2 atom stereocenters. The molecule has 0 radical (unpaired) electrons. The number of ether oxygens (including phenoxy) is 1. The molecule has 124 valence electrons. The Morgan fingerprint density at radius 1 is 1.26 bits per heavy atom. The summed E-state index contributed by atoms with van der Waals surface area (Å²) in [6.45, 7) is 6.58. The van der Waals surface area contributed by atoms with Gasteiger partial charge in [-0.2, -0.15) is 5.48 Å². The normalized spacial score (nSPS) is 13.6. The van der Waals surface area contributed by atoms with Gasteiger partial charge in [-0.1, -0.05) is 30.3 Å². The van der Waals surface area contributed by atoms with Crippen LogP contribution >= 0.6 is 0 Å². The highest BCUT2D eigenvalue weighted by atomic mass is 16.7. The zero-order chi connectivity index (χ0) is 17.5. The van der Waals surface area contributed by atoms with Gasteiger partial charge in [-0.15, -0.1) is 0 Å². The Balaban J connectivity index is 3.17. The maximum atomic E-state index is 11.5. The van der Waals surface area contributed by atoms with E-state index in [4.69, 9.17) is 9.57 Å². The van der Waals surface area contributed by atoms with Crippen LogP contribution in [-0.4, -0.2) is 35.9 Å². The fourth-order valence-corrected chi connectivity index (χ4v) is 1.82. The Kier molecular flexibility index (Phi) is 6.85. The van der Waals surface area contributed by atoms with Crippen LogP contribution in [0.15, 0.2) is 30.3 Å². The lowest BCUT2D eigenvalue weighted by Gasteiger charge is -2.28. The van der Waals surface area contributed by atoms with Crippen molar-refractivity contribution in [1.29, 1.82) is 0 Å². The molecular weight excluding hydrogens is 298 g/mol. The molecule has 6 heteroatoms.